The Morgan fingerprint density at radius 2 is 1.40 bits per heavy atom. The molecule has 0 heterocycles. The summed E-state index contributed by atoms with van der Waals surface area (Å²) < 4.78 is 17.4. The lowest BCUT2D eigenvalue weighted by atomic mass is 10.0. The quantitative estimate of drug-likeness (QED) is 0.171. The van der Waals surface area contributed by atoms with E-state index in [1.165, 1.54) is 0 Å². The molecule has 244 valence electrons. The van der Waals surface area contributed by atoms with Gasteiger partial charge in [0.05, 0.1) is 6.61 Å². The van der Waals surface area contributed by atoms with Gasteiger partial charge in [0.25, 0.3) is 0 Å². The van der Waals surface area contributed by atoms with Crippen LogP contribution in [0, 0.1) is 0 Å². The van der Waals surface area contributed by atoms with Crippen molar-refractivity contribution < 1.29 is 23.8 Å². The molecule has 0 unspecified atom stereocenters. The number of amides is 2. The van der Waals surface area contributed by atoms with Gasteiger partial charge in [-0.2, -0.15) is 0 Å². The van der Waals surface area contributed by atoms with Crippen molar-refractivity contribution in [2.45, 2.75) is 85.6 Å². The zero-order valence-corrected chi connectivity index (χ0v) is 28.0. The summed E-state index contributed by atoms with van der Waals surface area (Å²) in [7, 11) is 0. The van der Waals surface area contributed by atoms with Gasteiger partial charge in [0.1, 0.15) is 29.7 Å². The molecule has 0 radical (unpaired) electrons. The third kappa shape index (κ3) is 12.1. The van der Waals surface area contributed by atoms with E-state index in [0.717, 1.165) is 54.4 Å². The Balaban J connectivity index is 1.73. The highest BCUT2D eigenvalue weighted by Gasteiger charge is 2.30. The van der Waals surface area contributed by atoms with Gasteiger partial charge in [0.2, 0.25) is 5.91 Å². The lowest BCUT2D eigenvalue weighted by Gasteiger charge is -2.32. The first-order valence-electron chi connectivity index (χ1n) is 16.0. The zero-order chi connectivity index (χ0) is 32.8. The number of ether oxygens (including phenoxy) is 3. The molecule has 0 bridgehead atoms. The summed E-state index contributed by atoms with van der Waals surface area (Å²) in [6, 6.07) is 24.1. The molecule has 0 aliphatic carbocycles. The van der Waals surface area contributed by atoms with Crippen molar-refractivity contribution in [3.8, 4) is 11.5 Å². The normalized spacial score (nSPS) is 12.1. The van der Waals surface area contributed by atoms with Crippen molar-refractivity contribution in [3.63, 3.8) is 0 Å². The molecule has 3 aromatic carbocycles. The fourth-order valence-corrected chi connectivity index (χ4v) is 4.92. The maximum atomic E-state index is 14.1. The van der Waals surface area contributed by atoms with Crippen molar-refractivity contribution >= 4 is 17.7 Å². The Labute approximate surface area is 269 Å². The number of carbonyl (C=O) groups is 2. The van der Waals surface area contributed by atoms with Crippen molar-refractivity contribution in [3.05, 3.63) is 90.0 Å². The van der Waals surface area contributed by atoms with Crippen LogP contribution in [0.15, 0.2) is 78.9 Å². The lowest BCUT2D eigenvalue weighted by molar-refractivity contribution is -0.121. The standard InChI is InChI=1S/C37H51N3O5/c1-8-39(9-2)24-13-25-43-32-22-18-31(19-23-32)40(28(3)4)35(41)34(38-36(42)45-37(5,6)7)26-29-16-20-33(21-17-29)44-27-30-14-11-10-12-15-30/h10-12,14-23,28,34H,8-9,13,24-27H2,1-7H3,(H,38,42)/t34-/m1/s1. The van der Waals surface area contributed by atoms with Crippen LogP contribution < -0.4 is 19.7 Å². The van der Waals surface area contributed by atoms with Crippen molar-refractivity contribution in [2.75, 3.05) is 31.1 Å². The minimum absolute atomic E-state index is 0.157. The Morgan fingerprint density at radius 3 is 1.98 bits per heavy atom. The second-order valence-corrected chi connectivity index (χ2v) is 12.3. The van der Waals surface area contributed by atoms with Gasteiger partial charge in [-0.3, -0.25) is 4.79 Å². The summed E-state index contributed by atoms with van der Waals surface area (Å²) in [4.78, 5) is 31.1. The summed E-state index contributed by atoms with van der Waals surface area (Å²) in [5, 5.41) is 2.84. The highest BCUT2D eigenvalue weighted by Crippen LogP contribution is 2.24. The van der Waals surface area contributed by atoms with E-state index >= 15 is 0 Å². The molecule has 3 aromatic rings. The first kappa shape index (κ1) is 35.4. The lowest BCUT2D eigenvalue weighted by Crippen LogP contribution is -2.52. The second-order valence-electron chi connectivity index (χ2n) is 12.3. The van der Waals surface area contributed by atoms with Crippen LogP contribution in [-0.4, -0.2) is 60.8 Å². The molecule has 45 heavy (non-hydrogen) atoms. The van der Waals surface area contributed by atoms with Crippen molar-refractivity contribution in [2.24, 2.45) is 0 Å². The highest BCUT2D eigenvalue weighted by molar-refractivity contribution is 5.99. The maximum Gasteiger partial charge on any atom is 0.408 e. The number of rotatable bonds is 16. The van der Waals surface area contributed by atoms with E-state index in [9.17, 15) is 9.59 Å². The second kappa shape index (κ2) is 17.4. The molecule has 1 atom stereocenters. The Hall–Kier alpha value is -4.04. The van der Waals surface area contributed by atoms with Gasteiger partial charge in [0.15, 0.2) is 0 Å². The van der Waals surface area contributed by atoms with Crippen LogP contribution in [0.3, 0.4) is 0 Å². The van der Waals surface area contributed by atoms with E-state index in [-0.39, 0.29) is 18.4 Å². The average molecular weight is 618 g/mol. The monoisotopic (exact) mass is 617 g/mol. The van der Waals surface area contributed by atoms with Gasteiger partial charge in [-0.25, -0.2) is 4.79 Å². The molecular weight excluding hydrogens is 566 g/mol. The van der Waals surface area contributed by atoms with Gasteiger partial charge in [-0.05, 0) is 102 Å². The summed E-state index contributed by atoms with van der Waals surface area (Å²) in [5.74, 6) is 1.25. The fraction of sp³-hybridized carbons (Fsp3) is 0.459. The molecule has 0 saturated carbocycles. The highest BCUT2D eigenvalue weighted by atomic mass is 16.6. The summed E-state index contributed by atoms with van der Waals surface area (Å²) in [6.07, 6.45) is 0.590. The van der Waals surface area contributed by atoms with Crippen LogP contribution in [0.4, 0.5) is 10.5 Å². The molecule has 0 spiro atoms. The summed E-state index contributed by atoms with van der Waals surface area (Å²) >= 11 is 0. The van der Waals surface area contributed by atoms with Gasteiger partial charge in [0, 0.05) is 24.7 Å². The van der Waals surface area contributed by atoms with Gasteiger partial charge in [-0.15, -0.1) is 0 Å². The predicted octanol–water partition coefficient (Wildman–Crippen LogP) is 7.25. The molecule has 8 nitrogen and oxygen atoms in total. The van der Waals surface area contributed by atoms with Crippen LogP contribution >= 0.6 is 0 Å². The van der Waals surface area contributed by atoms with Gasteiger partial charge >= 0.3 is 6.09 Å². The van der Waals surface area contributed by atoms with E-state index in [0.29, 0.717) is 13.2 Å². The smallest absolute Gasteiger partial charge is 0.408 e. The van der Waals surface area contributed by atoms with E-state index in [1.807, 2.05) is 92.7 Å². The predicted molar refractivity (Wildman–Crippen MR) is 181 cm³/mol. The minimum Gasteiger partial charge on any atom is -0.494 e. The molecular formula is C37H51N3O5. The Bertz CT molecular complexity index is 1300. The van der Waals surface area contributed by atoms with Crippen LogP contribution in [0.25, 0.3) is 0 Å². The molecule has 3 rings (SSSR count). The number of nitrogens with zero attached hydrogens (tertiary/aromatic N) is 2. The largest absolute Gasteiger partial charge is 0.494 e. The van der Waals surface area contributed by atoms with Crippen LogP contribution in [0.5, 0.6) is 11.5 Å². The maximum absolute atomic E-state index is 14.1. The molecule has 0 aliphatic rings. The van der Waals surface area contributed by atoms with E-state index < -0.39 is 17.7 Å². The summed E-state index contributed by atoms with van der Waals surface area (Å²) in [6.45, 7) is 17.8. The fourth-order valence-electron chi connectivity index (χ4n) is 4.92. The molecule has 0 fully saturated rings. The molecule has 0 saturated heterocycles. The number of alkyl carbamates (subject to hydrolysis) is 1. The topological polar surface area (TPSA) is 80.3 Å². The average Bonchev–Trinajstić information content (AvgIpc) is 3.00. The SMILES string of the molecule is CCN(CC)CCCOc1ccc(N(C(=O)[C@@H](Cc2ccc(OCc3ccccc3)cc2)NC(=O)OC(C)(C)C)C(C)C)cc1. The van der Waals surface area contributed by atoms with Crippen LogP contribution in [0.1, 0.15) is 66.0 Å². The Morgan fingerprint density at radius 1 is 0.800 bits per heavy atom. The number of hydrogen-bond donors (Lipinski definition) is 1. The van der Waals surface area contributed by atoms with Crippen LogP contribution in [-0.2, 0) is 22.6 Å². The van der Waals surface area contributed by atoms with E-state index in [1.54, 1.807) is 25.7 Å². The number of hydrogen-bond acceptors (Lipinski definition) is 6. The number of nitrogens with one attached hydrogen (secondary N) is 1. The van der Waals surface area contributed by atoms with Crippen LogP contribution in [0.2, 0.25) is 0 Å². The third-order valence-corrected chi connectivity index (χ3v) is 7.25. The molecule has 8 heteroatoms. The first-order chi connectivity index (χ1) is 21.5. The van der Waals surface area contributed by atoms with E-state index in [2.05, 4.69) is 24.1 Å². The Kier molecular flexibility index (Phi) is 13.7. The van der Waals surface area contributed by atoms with Gasteiger partial charge < -0.3 is 29.3 Å². The van der Waals surface area contributed by atoms with Crippen molar-refractivity contribution in [1.82, 2.24) is 10.2 Å². The number of benzene rings is 3. The third-order valence-electron chi connectivity index (χ3n) is 7.25. The molecule has 0 aromatic heterocycles. The number of carbonyl (C=O) groups excluding carboxylic acids is 2. The summed E-state index contributed by atoms with van der Waals surface area (Å²) in [5.41, 5.74) is 1.99. The number of anilines is 1. The van der Waals surface area contributed by atoms with E-state index in [4.69, 9.17) is 14.2 Å². The molecule has 2 amide bonds. The van der Waals surface area contributed by atoms with Crippen molar-refractivity contribution in [1.29, 1.82) is 0 Å². The molecule has 0 aliphatic heterocycles. The molecule has 1 N–H and O–H groups in total. The zero-order valence-electron chi connectivity index (χ0n) is 28.0. The minimum atomic E-state index is -0.852. The van der Waals surface area contributed by atoms with Gasteiger partial charge in [-0.1, -0.05) is 56.3 Å². The first-order valence-corrected chi connectivity index (χ1v) is 16.0.